The summed E-state index contributed by atoms with van der Waals surface area (Å²) in [7, 11) is 3.18. The number of methoxy groups -OCH3 is 2. The molecule has 7 nitrogen and oxygen atoms in total. The minimum Gasteiger partial charge on any atom is -0.497 e. The topological polar surface area (TPSA) is 76.6 Å². The van der Waals surface area contributed by atoms with Crippen LogP contribution in [-0.2, 0) is 4.79 Å². The first kappa shape index (κ1) is 19.1. The maximum absolute atomic E-state index is 12.5. The van der Waals surface area contributed by atoms with Crippen LogP contribution in [0.15, 0.2) is 18.2 Å². The van der Waals surface area contributed by atoms with E-state index in [1.807, 2.05) is 6.07 Å². The normalized spacial score (nSPS) is 18.1. The highest BCUT2D eigenvalue weighted by atomic mass is 32.1. The number of anilines is 1. The Hall–Kier alpha value is -2.19. The average Bonchev–Trinajstić information content (AvgIpc) is 3.45. The van der Waals surface area contributed by atoms with Gasteiger partial charge in [-0.15, -0.1) is 21.5 Å². The van der Waals surface area contributed by atoms with E-state index in [2.05, 4.69) is 20.4 Å². The van der Waals surface area contributed by atoms with Crippen LogP contribution < -0.4 is 14.8 Å². The molecule has 2 heterocycles. The Labute approximate surface area is 169 Å². The van der Waals surface area contributed by atoms with Crippen LogP contribution in [0.3, 0.4) is 0 Å². The van der Waals surface area contributed by atoms with E-state index >= 15 is 0 Å². The first-order valence-electron chi connectivity index (χ1n) is 9.73. The Morgan fingerprint density at radius 1 is 1.11 bits per heavy atom. The van der Waals surface area contributed by atoms with E-state index in [-0.39, 0.29) is 5.91 Å². The van der Waals surface area contributed by atoms with E-state index in [0.29, 0.717) is 35.6 Å². The summed E-state index contributed by atoms with van der Waals surface area (Å²) in [6, 6.07) is 5.37. The van der Waals surface area contributed by atoms with Crippen molar-refractivity contribution in [1.29, 1.82) is 0 Å². The molecule has 1 N–H and O–H groups in total. The summed E-state index contributed by atoms with van der Waals surface area (Å²) in [4.78, 5) is 14.7. The molecule has 0 radical (unpaired) electrons. The van der Waals surface area contributed by atoms with Crippen molar-refractivity contribution in [3.05, 3.63) is 28.2 Å². The highest BCUT2D eigenvalue weighted by Crippen LogP contribution is 2.43. The molecule has 150 valence electrons. The summed E-state index contributed by atoms with van der Waals surface area (Å²) in [6.07, 6.45) is 4.58. The molecule has 1 saturated heterocycles. The van der Waals surface area contributed by atoms with Gasteiger partial charge in [0.25, 0.3) is 0 Å². The Balaban J connectivity index is 1.27. The number of nitrogens with zero attached hydrogens (tertiary/aromatic N) is 3. The number of ether oxygens (including phenoxy) is 2. The summed E-state index contributed by atoms with van der Waals surface area (Å²) >= 11 is 1.79. The summed E-state index contributed by atoms with van der Waals surface area (Å²) in [5.74, 6) is 2.40. The van der Waals surface area contributed by atoms with Crippen molar-refractivity contribution in [3.8, 4) is 11.5 Å². The predicted octanol–water partition coefficient (Wildman–Crippen LogP) is 3.25. The fourth-order valence-electron chi connectivity index (χ4n) is 3.54. The molecule has 4 rings (SSSR count). The summed E-state index contributed by atoms with van der Waals surface area (Å²) in [6.45, 7) is 2.18. The third-order valence-corrected chi connectivity index (χ3v) is 6.62. The number of amides is 1. The van der Waals surface area contributed by atoms with Crippen molar-refractivity contribution >= 4 is 22.9 Å². The zero-order chi connectivity index (χ0) is 19.5. The molecule has 28 heavy (non-hydrogen) atoms. The molecule has 1 aromatic heterocycles. The molecule has 2 aromatic rings. The van der Waals surface area contributed by atoms with Gasteiger partial charge in [-0.3, -0.25) is 9.69 Å². The molecular weight excluding hydrogens is 376 g/mol. The lowest BCUT2D eigenvalue weighted by atomic mass is 9.98. The van der Waals surface area contributed by atoms with Crippen LogP contribution in [0.25, 0.3) is 0 Å². The highest BCUT2D eigenvalue weighted by Gasteiger charge is 2.30. The first-order chi connectivity index (χ1) is 13.7. The van der Waals surface area contributed by atoms with Gasteiger partial charge in [-0.25, -0.2) is 0 Å². The second kappa shape index (κ2) is 8.45. The van der Waals surface area contributed by atoms with Gasteiger partial charge in [-0.05, 0) is 50.9 Å². The Bertz CT molecular complexity index is 829. The van der Waals surface area contributed by atoms with Crippen LogP contribution in [0, 0.1) is 0 Å². The molecule has 2 fully saturated rings. The van der Waals surface area contributed by atoms with Gasteiger partial charge in [0, 0.05) is 17.9 Å². The highest BCUT2D eigenvalue weighted by molar-refractivity contribution is 7.11. The van der Waals surface area contributed by atoms with Gasteiger partial charge in [0.15, 0.2) is 0 Å². The fraction of sp³-hybridized carbons (Fsp3) is 0.550. The Kier molecular flexibility index (Phi) is 5.77. The number of benzene rings is 1. The van der Waals surface area contributed by atoms with Crippen molar-refractivity contribution in [3.63, 3.8) is 0 Å². The molecule has 0 spiro atoms. The third kappa shape index (κ3) is 4.44. The smallest absolute Gasteiger partial charge is 0.238 e. The number of aromatic nitrogens is 2. The Morgan fingerprint density at radius 2 is 1.79 bits per heavy atom. The standard InChI is InChI=1S/C20H26N4O3S/c1-26-15-5-6-16(17(11-15)27-2)21-18(25)12-24-9-7-14(8-10-24)20-23-22-19(28-20)13-3-4-13/h5-6,11,13-14H,3-4,7-10,12H2,1-2H3,(H,21,25). The SMILES string of the molecule is COc1ccc(NC(=O)CN2CCC(c3nnc(C4CC4)s3)CC2)c(OC)c1. The molecule has 2 aliphatic rings. The number of carbonyl (C=O) groups is 1. The molecule has 8 heteroatoms. The average molecular weight is 403 g/mol. The monoisotopic (exact) mass is 402 g/mol. The minimum atomic E-state index is -0.0335. The van der Waals surface area contributed by atoms with Crippen molar-refractivity contribution in [1.82, 2.24) is 15.1 Å². The molecule has 1 saturated carbocycles. The van der Waals surface area contributed by atoms with Crippen molar-refractivity contribution < 1.29 is 14.3 Å². The van der Waals surface area contributed by atoms with E-state index in [0.717, 1.165) is 25.9 Å². The van der Waals surface area contributed by atoms with Gasteiger partial charge in [0.1, 0.15) is 21.5 Å². The molecule has 1 aliphatic heterocycles. The lowest BCUT2D eigenvalue weighted by Gasteiger charge is -2.30. The van der Waals surface area contributed by atoms with Gasteiger partial charge >= 0.3 is 0 Å². The van der Waals surface area contributed by atoms with Crippen LogP contribution in [0.5, 0.6) is 11.5 Å². The zero-order valence-corrected chi connectivity index (χ0v) is 17.1. The van der Waals surface area contributed by atoms with E-state index in [9.17, 15) is 4.79 Å². The van der Waals surface area contributed by atoms with Crippen LogP contribution >= 0.6 is 11.3 Å². The lowest BCUT2D eigenvalue weighted by Crippen LogP contribution is -2.38. The second-order valence-electron chi connectivity index (χ2n) is 7.42. The second-order valence-corrected chi connectivity index (χ2v) is 8.46. The summed E-state index contributed by atoms with van der Waals surface area (Å²) < 4.78 is 10.5. The van der Waals surface area contributed by atoms with Gasteiger partial charge in [-0.2, -0.15) is 0 Å². The molecule has 1 amide bonds. The summed E-state index contributed by atoms with van der Waals surface area (Å²) in [5.41, 5.74) is 0.657. The molecule has 0 bridgehead atoms. The third-order valence-electron chi connectivity index (χ3n) is 5.37. The zero-order valence-electron chi connectivity index (χ0n) is 16.3. The number of nitrogens with one attached hydrogen (secondary N) is 1. The van der Waals surface area contributed by atoms with Gasteiger partial charge in [0.05, 0.1) is 26.5 Å². The quantitative estimate of drug-likeness (QED) is 0.766. The molecule has 1 aromatic carbocycles. The first-order valence-corrected chi connectivity index (χ1v) is 10.6. The minimum absolute atomic E-state index is 0.0335. The van der Waals surface area contributed by atoms with Gasteiger partial charge < -0.3 is 14.8 Å². The maximum atomic E-state index is 12.5. The predicted molar refractivity (Wildman–Crippen MR) is 108 cm³/mol. The lowest BCUT2D eigenvalue weighted by molar-refractivity contribution is -0.117. The van der Waals surface area contributed by atoms with Crippen LogP contribution in [0.2, 0.25) is 0 Å². The fourth-order valence-corrected chi connectivity index (χ4v) is 4.72. The number of piperidine rings is 1. The van der Waals surface area contributed by atoms with Crippen LogP contribution in [0.1, 0.15) is 47.5 Å². The van der Waals surface area contributed by atoms with Crippen molar-refractivity contribution in [2.24, 2.45) is 0 Å². The van der Waals surface area contributed by atoms with Crippen LogP contribution in [0.4, 0.5) is 5.69 Å². The molecular formula is C20H26N4O3S. The van der Waals surface area contributed by atoms with E-state index < -0.39 is 0 Å². The maximum Gasteiger partial charge on any atom is 0.238 e. The van der Waals surface area contributed by atoms with Crippen molar-refractivity contribution in [2.45, 2.75) is 37.5 Å². The Morgan fingerprint density at radius 3 is 2.39 bits per heavy atom. The van der Waals surface area contributed by atoms with Gasteiger partial charge in [-0.1, -0.05) is 0 Å². The van der Waals surface area contributed by atoms with Gasteiger partial charge in [0.2, 0.25) is 5.91 Å². The summed E-state index contributed by atoms with van der Waals surface area (Å²) in [5, 5.41) is 14.1. The molecule has 1 aliphatic carbocycles. The molecule has 0 atom stereocenters. The number of carbonyl (C=O) groups excluding carboxylic acids is 1. The van der Waals surface area contributed by atoms with E-state index in [1.165, 1.54) is 22.9 Å². The largest absolute Gasteiger partial charge is 0.497 e. The molecule has 0 unspecified atom stereocenters. The number of likely N-dealkylation sites (tertiary alicyclic amines) is 1. The number of hydrogen-bond acceptors (Lipinski definition) is 7. The van der Waals surface area contributed by atoms with E-state index in [4.69, 9.17) is 9.47 Å². The number of rotatable bonds is 7. The number of hydrogen-bond donors (Lipinski definition) is 1. The van der Waals surface area contributed by atoms with Crippen molar-refractivity contribution in [2.75, 3.05) is 39.2 Å². The van der Waals surface area contributed by atoms with E-state index in [1.54, 1.807) is 37.7 Å². The van der Waals surface area contributed by atoms with Crippen LogP contribution in [-0.4, -0.2) is 54.9 Å².